The topological polar surface area (TPSA) is 96.4 Å². The van der Waals surface area contributed by atoms with E-state index in [1.165, 1.54) is 4.90 Å². The fourth-order valence-electron chi connectivity index (χ4n) is 6.03. The van der Waals surface area contributed by atoms with E-state index in [1.807, 2.05) is 37.3 Å². The molecule has 1 aromatic carbocycles. The highest BCUT2D eigenvalue weighted by Gasteiger charge is 2.77. The molecule has 35 heavy (non-hydrogen) atoms. The molecule has 3 aliphatic rings. The molecule has 1 unspecified atom stereocenters. The van der Waals surface area contributed by atoms with Crippen LogP contribution in [-0.4, -0.2) is 81.1 Å². The maximum absolute atomic E-state index is 14.3. The summed E-state index contributed by atoms with van der Waals surface area (Å²) in [6.45, 7) is 7.92. The molecule has 190 valence electrons. The summed E-state index contributed by atoms with van der Waals surface area (Å²) in [6, 6.07) is 8.07. The second-order valence-electron chi connectivity index (χ2n) is 9.40. The summed E-state index contributed by atoms with van der Waals surface area (Å²) >= 11 is 3.64. The largest absolute Gasteiger partial charge is 0.466 e. The van der Waals surface area contributed by atoms with Gasteiger partial charge in [-0.05, 0) is 25.3 Å². The zero-order valence-corrected chi connectivity index (χ0v) is 21.7. The number of rotatable bonds is 10. The van der Waals surface area contributed by atoms with Crippen LogP contribution < -0.4 is 0 Å². The number of esters is 1. The molecule has 0 radical (unpaired) electrons. The first-order chi connectivity index (χ1) is 16.8. The quantitative estimate of drug-likeness (QED) is 0.274. The Morgan fingerprint density at radius 1 is 1.37 bits per heavy atom. The van der Waals surface area contributed by atoms with Gasteiger partial charge < -0.3 is 24.4 Å². The van der Waals surface area contributed by atoms with Gasteiger partial charge in [-0.3, -0.25) is 14.4 Å². The molecule has 3 fully saturated rings. The van der Waals surface area contributed by atoms with E-state index in [1.54, 1.807) is 17.9 Å². The van der Waals surface area contributed by atoms with Crippen molar-refractivity contribution in [2.45, 2.75) is 61.8 Å². The number of hydrogen-bond acceptors (Lipinski definition) is 6. The molecule has 8 nitrogen and oxygen atoms in total. The van der Waals surface area contributed by atoms with Gasteiger partial charge in [0.25, 0.3) is 0 Å². The third-order valence-corrected chi connectivity index (χ3v) is 8.32. The van der Waals surface area contributed by atoms with Gasteiger partial charge >= 0.3 is 5.97 Å². The summed E-state index contributed by atoms with van der Waals surface area (Å²) < 4.78 is 11.8. The summed E-state index contributed by atoms with van der Waals surface area (Å²) in [4.78, 5) is 44.1. The summed E-state index contributed by atoms with van der Waals surface area (Å²) in [6.07, 6.45) is 1.96. The van der Waals surface area contributed by atoms with Gasteiger partial charge in [-0.15, -0.1) is 6.58 Å². The first-order valence-corrected chi connectivity index (χ1v) is 13.1. The molecule has 7 atom stereocenters. The van der Waals surface area contributed by atoms with Crippen LogP contribution in [0.25, 0.3) is 0 Å². The lowest BCUT2D eigenvalue weighted by Crippen LogP contribution is -2.58. The number of halogens is 1. The zero-order chi connectivity index (χ0) is 25.3. The van der Waals surface area contributed by atoms with Gasteiger partial charge in [-0.1, -0.05) is 59.3 Å². The molecule has 3 aliphatic heterocycles. The third-order valence-electron chi connectivity index (χ3n) is 7.47. The first-order valence-electron chi connectivity index (χ1n) is 12.2. The van der Waals surface area contributed by atoms with E-state index >= 15 is 0 Å². The van der Waals surface area contributed by atoms with Crippen LogP contribution in [-0.2, 0) is 30.4 Å². The van der Waals surface area contributed by atoms with Crippen molar-refractivity contribution >= 4 is 33.7 Å². The molecule has 0 aromatic heterocycles. The Balaban J connectivity index is 1.78. The predicted molar refractivity (Wildman–Crippen MR) is 132 cm³/mol. The molecule has 4 rings (SSSR count). The number of aliphatic hydroxyl groups excluding tert-OH is 1. The lowest BCUT2D eigenvalue weighted by molar-refractivity contribution is -0.156. The molecule has 0 saturated carbocycles. The smallest absolute Gasteiger partial charge is 0.312 e. The van der Waals surface area contributed by atoms with Gasteiger partial charge in [0.1, 0.15) is 11.6 Å². The van der Waals surface area contributed by atoms with Crippen molar-refractivity contribution in [1.82, 2.24) is 9.80 Å². The molecule has 1 spiro atoms. The minimum atomic E-state index is -1.18. The maximum Gasteiger partial charge on any atom is 0.312 e. The van der Waals surface area contributed by atoms with E-state index < -0.39 is 41.6 Å². The van der Waals surface area contributed by atoms with Crippen LogP contribution in [0.3, 0.4) is 0 Å². The molecule has 3 saturated heterocycles. The number of hydrogen-bond donors (Lipinski definition) is 1. The Labute approximate surface area is 214 Å². The minimum absolute atomic E-state index is 0.188. The van der Waals surface area contributed by atoms with Crippen LogP contribution in [0.4, 0.5) is 0 Å². The van der Waals surface area contributed by atoms with E-state index in [4.69, 9.17) is 9.47 Å². The second kappa shape index (κ2) is 10.4. The lowest BCUT2D eigenvalue weighted by atomic mass is 9.70. The van der Waals surface area contributed by atoms with Crippen LogP contribution in [0, 0.1) is 11.8 Å². The number of carbonyl (C=O) groups excluding carboxylic acids is 3. The molecule has 2 bridgehead atoms. The Morgan fingerprint density at radius 3 is 2.69 bits per heavy atom. The molecule has 1 aromatic rings. The first kappa shape index (κ1) is 25.9. The number of ether oxygens (including phenoxy) is 2. The number of likely N-dealkylation sites (tertiary alicyclic amines) is 1. The highest BCUT2D eigenvalue weighted by molar-refractivity contribution is 9.09. The SMILES string of the molecule is C=CCN(Cc1ccccc1)C(=O)[C@H]1N([C@@H](CC)CO)C(=O)[C@@H]2[C@@H](C(=O)OCC)[C@@H]3O[C@@]21CC3Br. The molecule has 2 amide bonds. The monoisotopic (exact) mass is 548 g/mol. The molecular formula is C26H33BrN2O6. The van der Waals surface area contributed by atoms with Crippen molar-refractivity contribution in [3.8, 4) is 0 Å². The summed E-state index contributed by atoms with van der Waals surface area (Å²) in [7, 11) is 0. The number of benzene rings is 1. The summed E-state index contributed by atoms with van der Waals surface area (Å²) in [5, 5.41) is 10.1. The Kier molecular flexibility index (Phi) is 7.68. The predicted octanol–water partition coefficient (Wildman–Crippen LogP) is 2.28. The van der Waals surface area contributed by atoms with Gasteiger partial charge in [-0.25, -0.2) is 0 Å². The number of fused-ring (bicyclic) bond motifs is 1. The van der Waals surface area contributed by atoms with E-state index in [-0.39, 0.29) is 36.4 Å². The van der Waals surface area contributed by atoms with E-state index in [0.717, 1.165) is 5.56 Å². The highest BCUT2D eigenvalue weighted by Crippen LogP contribution is 2.60. The average molecular weight is 549 g/mol. The van der Waals surface area contributed by atoms with E-state index in [9.17, 15) is 19.5 Å². The Hall–Kier alpha value is -2.23. The highest BCUT2D eigenvalue weighted by atomic mass is 79.9. The molecule has 9 heteroatoms. The second-order valence-corrected chi connectivity index (χ2v) is 10.6. The van der Waals surface area contributed by atoms with Crippen molar-refractivity contribution in [1.29, 1.82) is 0 Å². The van der Waals surface area contributed by atoms with Gasteiger partial charge in [0.05, 0.1) is 37.2 Å². The van der Waals surface area contributed by atoms with Crippen LogP contribution in [0.2, 0.25) is 0 Å². The van der Waals surface area contributed by atoms with Crippen LogP contribution in [0.1, 0.15) is 32.3 Å². The van der Waals surface area contributed by atoms with Crippen LogP contribution in [0.5, 0.6) is 0 Å². The van der Waals surface area contributed by atoms with Crippen molar-refractivity contribution in [3.63, 3.8) is 0 Å². The van der Waals surface area contributed by atoms with Crippen molar-refractivity contribution in [2.24, 2.45) is 11.8 Å². The molecule has 1 N–H and O–H groups in total. The zero-order valence-electron chi connectivity index (χ0n) is 20.1. The van der Waals surface area contributed by atoms with Crippen molar-refractivity contribution in [3.05, 3.63) is 48.6 Å². The van der Waals surface area contributed by atoms with Gasteiger partial charge in [-0.2, -0.15) is 0 Å². The van der Waals surface area contributed by atoms with Gasteiger partial charge in [0.15, 0.2) is 0 Å². The maximum atomic E-state index is 14.3. The van der Waals surface area contributed by atoms with E-state index in [0.29, 0.717) is 19.4 Å². The number of alkyl halides is 1. The number of carbonyl (C=O) groups is 3. The molecule has 3 heterocycles. The number of amides is 2. The minimum Gasteiger partial charge on any atom is -0.466 e. The standard InChI is InChI=1S/C26H33BrN2O6/c1-4-12-28(14-16-10-8-7-9-11-16)24(32)22-26-13-18(27)21(35-26)19(25(33)34-6-3)20(26)23(31)29(22)17(5-2)15-30/h4,7-11,17-22,30H,1,5-6,12-15H2,2-3H3/t17-,18?,19+,20-,21+,22+,26-/m0/s1. The van der Waals surface area contributed by atoms with Crippen LogP contribution in [0.15, 0.2) is 43.0 Å². The molecular weight excluding hydrogens is 516 g/mol. The van der Waals surface area contributed by atoms with Gasteiger partial charge in [0, 0.05) is 17.9 Å². The van der Waals surface area contributed by atoms with Crippen LogP contribution >= 0.6 is 15.9 Å². The Bertz CT molecular complexity index is 970. The summed E-state index contributed by atoms with van der Waals surface area (Å²) in [5.41, 5.74) is -0.232. The van der Waals surface area contributed by atoms with Crippen molar-refractivity contribution < 1.29 is 29.0 Å². The molecule has 0 aliphatic carbocycles. The fraction of sp³-hybridized carbons (Fsp3) is 0.577. The Morgan fingerprint density at radius 2 is 2.09 bits per heavy atom. The number of aliphatic hydroxyl groups is 1. The third kappa shape index (κ3) is 4.21. The number of nitrogens with zero attached hydrogens (tertiary/aromatic N) is 2. The average Bonchev–Trinajstić information content (AvgIpc) is 3.44. The fourth-order valence-corrected chi connectivity index (χ4v) is 6.97. The van der Waals surface area contributed by atoms with E-state index in [2.05, 4.69) is 22.5 Å². The van der Waals surface area contributed by atoms with Crippen molar-refractivity contribution in [2.75, 3.05) is 19.8 Å². The summed E-state index contributed by atoms with van der Waals surface area (Å²) in [5.74, 6) is -2.74. The van der Waals surface area contributed by atoms with Gasteiger partial charge in [0.2, 0.25) is 11.8 Å². The lowest BCUT2D eigenvalue weighted by Gasteiger charge is -2.39. The normalized spacial score (nSPS) is 31.8.